The Kier molecular flexibility index (Phi) is 5.09. The van der Waals surface area contributed by atoms with Gasteiger partial charge in [0.15, 0.2) is 0 Å². The number of nitrogens with one attached hydrogen (secondary N) is 1. The van der Waals surface area contributed by atoms with E-state index in [4.69, 9.17) is 20.7 Å². The van der Waals surface area contributed by atoms with Crippen LogP contribution in [0.2, 0.25) is 0 Å². The first kappa shape index (κ1) is 13.9. The number of rotatable bonds is 7. The van der Waals surface area contributed by atoms with Gasteiger partial charge in [-0.15, -0.1) is 0 Å². The lowest BCUT2D eigenvalue weighted by molar-refractivity contribution is -0.154. The van der Waals surface area contributed by atoms with Gasteiger partial charge in [0.05, 0.1) is 0 Å². The molecule has 0 aromatic heterocycles. The smallest absolute Gasteiger partial charge is 0.354 e. The second-order valence-corrected chi connectivity index (χ2v) is 3.47. The number of ether oxygens (including phenoxy) is 1. The molecule has 5 N–H and O–H groups in total. The van der Waals surface area contributed by atoms with Crippen LogP contribution in [0.1, 0.15) is 5.56 Å². The normalized spacial score (nSPS) is 11.8. The van der Waals surface area contributed by atoms with Crippen molar-refractivity contribution in [1.29, 1.82) is 0 Å². The molecule has 1 unspecified atom stereocenters. The third-order valence-electron chi connectivity index (χ3n) is 2.09. The quantitative estimate of drug-likeness (QED) is 0.508. The van der Waals surface area contributed by atoms with E-state index in [1.807, 2.05) is 0 Å². The van der Waals surface area contributed by atoms with E-state index in [1.165, 1.54) is 0 Å². The molecular weight excluding hydrogens is 240 g/mol. The first-order chi connectivity index (χ1) is 8.52. The number of carbonyl (C=O) groups is 2. The molecule has 0 heterocycles. The van der Waals surface area contributed by atoms with E-state index in [-0.39, 0.29) is 0 Å². The molecule has 0 radical (unpaired) electrons. The molecule has 0 amide bonds. The third kappa shape index (κ3) is 4.40. The summed E-state index contributed by atoms with van der Waals surface area (Å²) in [5.41, 5.74) is 6.83. The number of aliphatic carboxylic acids is 2. The van der Waals surface area contributed by atoms with Crippen LogP contribution in [0.3, 0.4) is 0 Å². The van der Waals surface area contributed by atoms with Crippen molar-refractivity contribution < 1.29 is 24.5 Å². The highest BCUT2D eigenvalue weighted by molar-refractivity contribution is 5.76. The summed E-state index contributed by atoms with van der Waals surface area (Å²) in [7, 11) is 0. The van der Waals surface area contributed by atoms with Crippen LogP contribution in [0.25, 0.3) is 0 Å². The van der Waals surface area contributed by atoms with Crippen LogP contribution in [0, 0.1) is 0 Å². The molecule has 0 aliphatic heterocycles. The van der Waals surface area contributed by atoms with Crippen molar-refractivity contribution in [2.45, 2.75) is 12.8 Å². The molecule has 0 aliphatic carbocycles. The number of hydrogen-bond donors (Lipinski definition) is 4. The second kappa shape index (κ2) is 6.58. The van der Waals surface area contributed by atoms with Gasteiger partial charge in [0, 0.05) is 12.2 Å². The van der Waals surface area contributed by atoms with Gasteiger partial charge in [-0.25, -0.2) is 9.59 Å². The van der Waals surface area contributed by atoms with Crippen LogP contribution in [-0.2, 0) is 20.9 Å². The van der Waals surface area contributed by atoms with Crippen molar-refractivity contribution in [2.24, 2.45) is 5.73 Å². The average molecular weight is 254 g/mol. The Balaban J connectivity index is 2.64. The summed E-state index contributed by atoms with van der Waals surface area (Å²) in [6.07, 6.45) is -1.41. The fraction of sp³-hybridized carbons (Fsp3) is 0.273. The Hall–Kier alpha value is -2.12. The number of nitrogens with two attached hydrogens (primary N) is 1. The molecular formula is C11H14N2O5. The van der Waals surface area contributed by atoms with Crippen LogP contribution in [0.15, 0.2) is 24.3 Å². The summed E-state index contributed by atoms with van der Waals surface area (Å²) >= 11 is 0. The van der Waals surface area contributed by atoms with Gasteiger partial charge in [-0.05, 0) is 17.7 Å². The number of anilines is 1. The molecule has 0 spiro atoms. The predicted molar refractivity (Wildman–Crippen MR) is 63.0 cm³/mol. The van der Waals surface area contributed by atoms with Crippen molar-refractivity contribution in [3.05, 3.63) is 29.8 Å². The Morgan fingerprint density at radius 3 is 2.33 bits per heavy atom. The van der Waals surface area contributed by atoms with Gasteiger partial charge in [0.1, 0.15) is 6.61 Å². The van der Waals surface area contributed by atoms with Gasteiger partial charge < -0.3 is 26.0 Å². The van der Waals surface area contributed by atoms with Crippen LogP contribution in [-0.4, -0.2) is 35.0 Å². The highest BCUT2D eigenvalue weighted by Crippen LogP contribution is 2.11. The molecule has 7 heteroatoms. The van der Waals surface area contributed by atoms with Crippen LogP contribution in [0.4, 0.5) is 5.69 Å². The molecule has 1 rings (SSSR count). The average Bonchev–Trinajstić information content (AvgIpc) is 2.34. The standard InChI is InChI=1S/C11H14N2O5/c12-5-7-1-3-8(4-2-7)13-10(11(16)17)18-6-9(14)15/h1-4,10,13H,5-6,12H2,(H,14,15)(H,16,17). The van der Waals surface area contributed by atoms with E-state index >= 15 is 0 Å². The third-order valence-corrected chi connectivity index (χ3v) is 2.09. The van der Waals surface area contributed by atoms with Gasteiger partial charge in [0.2, 0.25) is 6.23 Å². The fourth-order valence-corrected chi connectivity index (χ4v) is 1.22. The molecule has 0 saturated heterocycles. The molecule has 0 bridgehead atoms. The van der Waals surface area contributed by atoms with Crippen molar-refractivity contribution in [1.82, 2.24) is 0 Å². The van der Waals surface area contributed by atoms with E-state index in [9.17, 15) is 9.59 Å². The maximum Gasteiger partial charge on any atom is 0.354 e. The summed E-state index contributed by atoms with van der Waals surface area (Å²) in [5, 5.41) is 19.8. The Labute approximate surface area is 103 Å². The van der Waals surface area contributed by atoms with Crippen LogP contribution >= 0.6 is 0 Å². The molecule has 98 valence electrons. The number of benzene rings is 1. The molecule has 0 fully saturated rings. The monoisotopic (exact) mass is 254 g/mol. The minimum atomic E-state index is -1.41. The molecule has 1 aromatic carbocycles. The van der Waals surface area contributed by atoms with Crippen molar-refractivity contribution in [3.63, 3.8) is 0 Å². The van der Waals surface area contributed by atoms with Gasteiger partial charge in [-0.2, -0.15) is 0 Å². The fourth-order valence-electron chi connectivity index (χ4n) is 1.22. The van der Waals surface area contributed by atoms with Gasteiger partial charge in [0.25, 0.3) is 0 Å². The topological polar surface area (TPSA) is 122 Å². The number of carboxylic acid groups (broad SMARTS) is 2. The molecule has 18 heavy (non-hydrogen) atoms. The van der Waals surface area contributed by atoms with E-state index in [1.54, 1.807) is 24.3 Å². The Morgan fingerprint density at radius 2 is 1.89 bits per heavy atom. The second-order valence-electron chi connectivity index (χ2n) is 3.47. The number of carboxylic acids is 2. The maximum absolute atomic E-state index is 10.8. The lowest BCUT2D eigenvalue weighted by Crippen LogP contribution is -2.33. The van der Waals surface area contributed by atoms with Gasteiger partial charge in [-0.3, -0.25) is 0 Å². The first-order valence-corrected chi connectivity index (χ1v) is 5.14. The Morgan fingerprint density at radius 1 is 1.28 bits per heavy atom. The molecule has 1 atom stereocenters. The minimum absolute atomic E-state index is 0.387. The SMILES string of the molecule is NCc1ccc(NC(OCC(=O)O)C(=O)O)cc1. The van der Waals surface area contributed by atoms with Crippen LogP contribution < -0.4 is 11.1 Å². The summed E-state index contributed by atoms with van der Waals surface area (Å²) in [6.45, 7) is -0.303. The van der Waals surface area contributed by atoms with Gasteiger partial charge >= 0.3 is 11.9 Å². The molecule has 7 nitrogen and oxygen atoms in total. The Bertz CT molecular complexity index is 418. The highest BCUT2D eigenvalue weighted by Gasteiger charge is 2.18. The van der Waals surface area contributed by atoms with Crippen LogP contribution in [0.5, 0.6) is 0 Å². The first-order valence-electron chi connectivity index (χ1n) is 5.14. The maximum atomic E-state index is 10.8. The minimum Gasteiger partial charge on any atom is -0.480 e. The highest BCUT2D eigenvalue weighted by atomic mass is 16.5. The number of hydrogen-bond acceptors (Lipinski definition) is 5. The van der Waals surface area contributed by atoms with Gasteiger partial charge in [-0.1, -0.05) is 12.1 Å². The van der Waals surface area contributed by atoms with Crippen molar-refractivity contribution in [2.75, 3.05) is 11.9 Å². The van der Waals surface area contributed by atoms with Crippen molar-refractivity contribution in [3.8, 4) is 0 Å². The van der Waals surface area contributed by atoms with E-state index in [0.717, 1.165) is 5.56 Å². The molecule has 0 aliphatic rings. The van der Waals surface area contributed by atoms with E-state index < -0.39 is 24.8 Å². The summed E-state index contributed by atoms with van der Waals surface area (Å²) in [5.74, 6) is -2.53. The largest absolute Gasteiger partial charge is 0.480 e. The molecule has 1 aromatic rings. The van der Waals surface area contributed by atoms with E-state index in [0.29, 0.717) is 12.2 Å². The van der Waals surface area contributed by atoms with Crippen molar-refractivity contribution >= 4 is 17.6 Å². The van der Waals surface area contributed by atoms with E-state index in [2.05, 4.69) is 5.32 Å². The lowest BCUT2D eigenvalue weighted by atomic mass is 10.2. The zero-order valence-electron chi connectivity index (χ0n) is 9.50. The summed E-state index contributed by atoms with van der Waals surface area (Å²) in [4.78, 5) is 21.1. The zero-order valence-corrected chi connectivity index (χ0v) is 9.50. The predicted octanol–water partition coefficient (Wildman–Crippen LogP) is 0.0691. The zero-order chi connectivity index (χ0) is 13.5. The molecule has 0 saturated carbocycles. The summed E-state index contributed by atoms with van der Waals surface area (Å²) < 4.78 is 4.69. The lowest BCUT2D eigenvalue weighted by Gasteiger charge is -2.15. The summed E-state index contributed by atoms with van der Waals surface area (Å²) in [6, 6.07) is 6.75.